The maximum atomic E-state index is 12.5. The lowest BCUT2D eigenvalue weighted by Gasteiger charge is -2.55. The number of hydrogen-bond acceptors (Lipinski definition) is 4. The number of aromatic hydroxyl groups is 2. The number of phenolic OH excluding ortho intramolecular Hbond substituents is 2. The van der Waals surface area contributed by atoms with Gasteiger partial charge in [0.05, 0.1) is 0 Å². The Morgan fingerprint density at radius 3 is 2.64 bits per heavy atom. The van der Waals surface area contributed by atoms with Crippen LogP contribution < -0.4 is 0 Å². The van der Waals surface area contributed by atoms with E-state index in [9.17, 15) is 15.0 Å². The average molecular weight is 383 g/mol. The molecule has 3 aliphatic rings. The summed E-state index contributed by atoms with van der Waals surface area (Å²) in [5.41, 5.74) is 2.41. The van der Waals surface area contributed by atoms with Gasteiger partial charge < -0.3 is 14.9 Å². The minimum atomic E-state index is -0.368. The molecular weight excluding hydrogens is 352 g/mol. The van der Waals surface area contributed by atoms with E-state index in [0.717, 1.165) is 12.8 Å². The highest BCUT2D eigenvalue weighted by molar-refractivity contribution is 5.87. The first kappa shape index (κ1) is 19.1. The van der Waals surface area contributed by atoms with Gasteiger partial charge in [0.15, 0.2) is 11.5 Å². The molecule has 1 aromatic rings. The van der Waals surface area contributed by atoms with Gasteiger partial charge in [0.2, 0.25) is 0 Å². The van der Waals surface area contributed by atoms with E-state index in [1.165, 1.54) is 43.0 Å². The summed E-state index contributed by atoms with van der Waals surface area (Å²) in [6, 6.07) is 4.44. The summed E-state index contributed by atoms with van der Waals surface area (Å²) in [4.78, 5) is 12.5. The number of ether oxygens (including phenoxy) is 1. The summed E-state index contributed by atoms with van der Waals surface area (Å²) in [7, 11) is 0. The summed E-state index contributed by atoms with van der Waals surface area (Å²) in [6.07, 6.45) is 8.46. The minimum Gasteiger partial charge on any atom is -0.504 e. The van der Waals surface area contributed by atoms with Gasteiger partial charge in [0, 0.05) is 12.0 Å². The van der Waals surface area contributed by atoms with Crippen LogP contribution in [0.1, 0.15) is 58.4 Å². The minimum absolute atomic E-state index is 0.117. The Morgan fingerprint density at radius 2 is 1.96 bits per heavy atom. The van der Waals surface area contributed by atoms with E-state index in [1.54, 1.807) is 12.1 Å². The zero-order chi connectivity index (χ0) is 20.3. The molecule has 0 aliphatic heterocycles. The van der Waals surface area contributed by atoms with E-state index >= 15 is 0 Å². The van der Waals surface area contributed by atoms with Crippen molar-refractivity contribution in [1.29, 1.82) is 0 Å². The molecule has 2 N–H and O–H groups in total. The predicted octanol–water partition coefficient (Wildman–Crippen LogP) is 5.21. The molecule has 0 heterocycles. The number of esters is 1. The molecule has 0 saturated heterocycles. The summed E-state index contributed by atoms with van der Waals surface area (Å²) >= 11 is 0. The van der Waals surface area contributed by atoms with Crippen LogP contribution in [0.4, 0.5) is 0 Å². The van der Waals surface area contributed by atoms with E-state index in [0.29, 0.717) is 5.56 Å². The van der Waals surface area contributed by atoms with Gasteiger partial charge in [-0.15, -0.1) is 0 Å². The molecule has 3 saturated carbocycles. The Morgan fingerprint density at radius 1 is 1.21 bits per heavy atom. The second-order valence-electron chi connectivity index (χ2n) is 9.81. The molecule has 2 bridgehead atoms. The van der Waals surface area contributed by atoms with Crippen LogP contribution in [0.2, 0.25) is 0 Å². The van der Waals surface area contributed by atoms with Crippen LogP contribution in [0, 0.1) is 22.2 Å². The first-order valence-corrected chi connectivity index (χ1v) is 10.2. The number of carbonyl (C=O) groups is 1. The van der Waals surface area contributed by atoms with Gasteiger partial charge in [-0.3, -0.25) is 0 Å². The molecule has 1 aromatic carbocycles. The van der Waals surface area contributed by atoms with Crippen molar-refractivity contribution >= 4 is 12.0 Å². The summed E-state index contributed by atoms with van der Waals surface area (Å²) in [5.74, 6) is -0.522. The Balaban J connectivity index is 1.53. The maximum Gasteiger partial charge on any atom is 0.331 e. The summed E-state index contributed by atoms with van der Waals surface area (Å²) in [6.45, 7) is 11.5. The summed E-state index contributed by atoms with van der Waals surface area (Å²) < 4.78 is 5.94. The van der Waals surface area contributed by atoms with Gasteiger partial charge in [0.25, 0.3) is 0 Å². The fraction of sp³-hybridized carbons (Fsp3) is 0.542. The maximum absolute atomic E-state index is 12.5. The largest absolute Gasteiger partial charge is 0.504 e. The van der Waals surface area contributed by atoms with Gasteiger partial charge in [0.1, 0.15) is 6.10 Å². The molecule has 1 unspecified atom stereocenters. The van der Waals surface area contributed by atoms with E-state index in [2.05, 4.69) is 27.4 Å². The van der Waals surface area contributed by atoms with Gasteiger partial charge in [-0.2, -0.15) is 0 Å². The van der Waals surface area contributed by atoms with Crippen molar-refractivity contribution in [2.24, 2.45) is 22.2 Å². The number of rotatable bonds is 3. The normalized spacial score (nSPS) is 35.9. The SMILES string of the molecule is C=C1C[C@@]23CC(OC(=O)/C=C/c4ccc(O)c(O)c4)[C@@H]1[C@@]2(C)CCCC3(C)C. The van der Waals surface area contributed by atoms with Crippen molar-refractivity contribution in [3.8, 4) is 11.5 Å². The number of benzene rings is 1. The molecule has 3 aliphatic carbocycles. The van der Waals surface area contributed by atoms with E-state index in [4.69, 9.17) is 4.74 Å². The quantitative estimate of drug-likeness (QED) is 0.326. The predicted molar refractivity (Wildman–Crippen MR) is 109 cm³/mol. The molecule has 28 heavy (non-hydrogen) atoms. The van der Waals surface area contributed by atoms with Gasteiger partial charge >= 0.3 is 5.97 Å². The monoisotopic (exact) mass is 382 g/mol. The fourth-order valence-electron chi connectivity index (χ4n) is 6.81. The van der Waals surface area contributed by atoms with Gasteiger partial charge in [-0.25, -0.2) is 4.79 Å². The lowest BCUT2D eigenvalue weighted by atomic mass is 9.49. The standard InChI is InChI=1S/C24H30O4/c1-15-13-24-14-19(21(15)23(24,4)11-5-10-22(24,2)3)28-20(27)9-7-16-6-8-17(25)18(26)12-16/h6-9,12,19,21,25-26H,1,5,10-11,13-14H2,2-4H3/b9-7+/t19?,21-,23-,24+/m1/s1. The van der Waals surface area contributed by atoms with Crippen molar-refractivity contribution < 1.29 is 19.7 Å². The van der Waals surface area contributed by atoms with E-state index in [1.807, 2.05) is 0 Å². The fourth-order valence-corrected chi connectivity index (χ4v) is 6.81. The Labute approximate surface area is 166 Å². The number of phenols is 2. The first-order valence-electron chi connectivity index (χ1n) is 10.2. The lowest BCUT2D eigenvalue weighted by Crippen LogP contribution is -2.48. The van der Waals surface area contributed by atoms with Crippen molar-refractivity contribution in [3.63, 3.8) is 0 Å². The second-order valence-corrected chi connectivity index (χ2v) is 9.81. The van der Waals surface area contributed by atoms with Gasteiger partial charge in [-0.1, -0.05) is 45.4 Å². The van der Waals surface area contributed by atoms with Crippen LogP contribution in [0.3, 0.4) is 0 Å². The Hall–Kier alpha value is -2.23. The first-order chi connectivity index (χ1) is 13.1. The van der Waals surface area contributed by atoms with Crippen LogP contribution in [0.25, 0.3) is 6.08 Å². The molecular formula is C24H30O4. The third-order valence-electron chi connectivity index (χ3n) is 8.14. The van der Waals surface area contributed by atoms with E-state index in [-0.39, 0.29) is 45.7 Å². The number of hydrogen-bond donors (Lipinski definition) is 2. The molecule has 4 rings (SSSR count). The second kappa shape index (κ2) is 6.13. The third kappa shape index (κ3) is 2.53. The molecule has 0 aromatic heterocycles. The van der Waals surface area contributed by atoms with Crippen molar-refractivity contribution in [1.82, 2.24) is 0 Å². The van der Waals surface area contributed by atoms with Crippen LogP contribution in [0.5, 0.6) is 11.5 Å². The van der Waals surface area contributed by atoms with Crippen molar-refractivity contribution in [2.45, 2.75) is 59.0 Å². The third-order valence-corrected chi connectivity index (χ3v) is 8.14. The Kier molecular flexibility index (Phi) is 4.18. The number of carbonyl (C=O) groups excluding carboxylic acids is 1. The zero-order valence-electron chi connectivity index (χ0n) is 17.0. The molecule has 0 radical (unpaired) electrons. The summed E-state index contributed by atoms with van der Waals surface area (Å²) in [5, 5.41) is 19.0. The van der Waals surface area contributed by atoms with Crippen LogP contribution >= 0.6 is 0 Å². The van der Waals surface area contributed by atoms with Crippen molar-refractivity contribution in [2.75, 3.05) is 0 Å². The molecule has 150 valence electrons. The molecule has 0 amide bonds. The van der Waals surface area contributed by atoms with E-state index < -0.39 is 0 Å². The Bertz CT molecular complexity index is 867. The van der Waals surface area contributed by atoms with Crippen LogP contribution in [0.15, 0.2) is 36.4 Å². The molecule has 4 atom stereocenters. The molecule has 4 heteroatoms. The molecule has 0 spiro atoms. The molecule has 3 fully saturated rings. The van der Waals surface area contributed by atoms with Crippen molar-refractivity contribution in [3.05, 3.63) is 42.0 Å². The molecule has 4 nitrogen and oxygen atoms in total. The highest BCUT2D eigenvalue weighted by Gasteiger charge is 2.72. The highest BCUT2D eigenvalue weighted by Crippen LogP contribution is 2.78. The highest BCUT2D eigenvalue weighted by atomic mass is 16.5. The van der Waals surface area contributed by atoms with Gasteiger partial charge in [-0.05, 0) is 65.7 Å². The zero-order valence-corrected chi connectivity index (χ0v) is 17.0. The topological polar surface area (TPSA) is 66.8 Å². The van der Waals surface area contributed by atoms with Crippen LogP contribution in [-0.2, 0) is 9.53 Å². The average Bonchev–Trinajstić information content (AvgIpc) is 2.99. The lowest BCUT2D eigenvalue weighted by molar-refractivity contribution is -0.145. The smallest absolute Gasteiger partial charge is 0.331 e. The van der Waals surface area contributed by atoms with Crippen LogP contribution in [-0.4, -0.2) is 22.3 Å².